The minimum Gasteiger partial charge on any atom is -0.409 e. The van der Waals surface area contributed by atoms with Crippen molar-refractivity contribution in [2.24, 2.45) is 11.3 Å². The van der Waals surface area contributed by atoms with Crippen LogP contribution in [0.5, 0.6) is 0 Å². The zero-order chi connectivity index (χ0) is 37.2. The number of aromatic nitrogens is 8. The molecule has 0 amide bonds. The van der Waals surface area contributed by atoms with Crippen molar-refractivity contribution in [1.29, 1.82) is 0 Å². The molecule has 52 heavy (non-hydrogen) atoms. The summed E-state index contributed by atoms with van der Waals surface area (Å²) in [5, 5.41) is 11.1. The third kappa shape index (κ3) is 5.91. The van der Waals surface area contributed by atoms with E-state index >= 15 is 0 Å². The van der Waals surface area contributed by atoms with Crippen molar-refractivity contribution in [3.63, 3.8) is 0 Å². The van der Waals surface area contributed by atoms with E-state index < -0.39 is 77.7 Å². The Labute approximate surface area is 303 Å². The Morgan fingerprint density at radius 2 is 1.60 bits per heavy atom. The summed E-state index contributed by atoms with van der Waals surface area (Å²) in [5.41, 5.74) is 12.4. The van der Waals surface area contributed by atoms with Gasteiger partial charge in [-0.25, -0.2) is 39.0 Å². The number of hydrogen-bond donors (Lipinski definition) is 5. The lowest BCUT2D eigenvalue weighted by Crippen LogP contribution is -2.50. The number of ether oxygens (including phenoxy) is 1. The van der Waals surface area contributed by atoms with Crippen molar-refractivity contribution in [2.75, 3.05) is 24.7 Å². The minimum absolute atomic E-state index is 0.0872. The zero-order valence-electron chi connectivity index (χ0n) is 28.8. The topological polar surface area (TPSA) is 269 Å². The number of nitrogen functional groups attached to an aromatic ring is 2. The summed E-state index contributed by atoms with van der Waals surface area (Å²) >= 11 is 4.38. The second-order valence-electron chi connectivity index (χ2n) is 15.2. The molecular weight excluding hydrogens is 758 g/mol. The fraction of sp³-hybridized carbons (Fsp3) is 0.643. The molecule has 4 aromatic rings. The molecule has 8 rings (SSSR count). The average molecular weight is 799 g/mol. The van der Waals surface area contributed by atoms with Crippen LogP contribution in [-0.2, 0) is 36.4 Å². The van der Waals surface area contributed by atoms with Crippen LogP contribution in [0.15, 0.2) is 25.3 Å². The number of nitrogens with two attached hydrogens (primary N) is 2. The van der Waals surface area contributed by atoms with Crippen molar-refractivity contribution in [3.05, 3.63) is 25.3 Å². The number of thiol groups is 1. The molecule has 4 aromatic heterocycles. The third-order valence-corrected chi connectivity index (χ3v) is 18.1. The Balaban J connectivity index is 1.18. The molecule has 4 aliphatic rings. The molecule has 24 heteroatoms. The molecule has 2 bridgehead atoms. The van der Waals surface area contributed by atoms with E-state index in [0.717, 1.165) is 0 Å². The minimum atomic E-state index is -4.96. The Morgan fingerprint density at radius 1 is 0.981 bits per heavy atom. The lowest BCUT2D eigenvalue weighted by atomic mass is 10.0. The van der Waals surface area contributed by atoms with Gasteiger partial charge in [-0.1, -0.05) is 33.0 Å². The first-order valence-electron chi connectivity index (χ1n) is 16.5. The summed E-state index contributed by atoms with van der Waals surface area (Å²) in [6.07, 6.45) is -1.51. The summed E-state index contributed by atoms with van der Waals surface area (Å²) < 4.78 is 68.0. The van der Waals surface area contributed by atoms with Crippen molar-refractivity contribution < 1.29 is 46.4 Å². The van der Waals surface area contributed by atoms with Gasteiger partial charge in [0.1, 0.15) is 48.1 Å². The molecule has 2 aliphatic carbocycles. The predicted octanol–water partition coefficient (Wildman–Crippen LogP) is 3.00. The van der Waals surface area contributed by atoms with Gasteiger partial charge >= 0.3 is 14.6 Å². The van der Waals surface area contributed by atoms with Crippen LogP contribution in [0.4, 0.5) is 11.6 Å². The van der Waals surface area contributed by atoms with Crippen LogP contribution in [0, 0.1) is 11.3 Å². The molecule has 6 heterocycles. The summed E-state index contributed by atoms with van der Waals surface area (Å²) in [7, 11) is -7.55. The standard InChI is InChI=1S/C28H40N10O10P2SSi/c1-27(2,3)52(4,5)48-19-17(37-11-35-15-22(29)31-9-33-24(15)37)13-6-28(13)8-44-49(40,41)46-20-18(39)14(7-43-50(42,51)47-21(19)28)45-26(20)38-12-36-16-23(30)32-10-34-25(16)38/h9-14,17-21,26,39H,6-8H2,1-5H3,(H,40,41)(H,42,51)(H2,29,31,33)(H2,30,32,34)/t13-,14-,17-,18-,19?,20-,21+,26-,28+,50-/m1/s1. The SMILES string of the molecule is CC(C)(C)[Si](C)(C)OC1[C@H](n2cnc3c(N)ncnc32)[C@H]2C[C@]23COP(=O)(O)O[C@@H]2[C@H](O)[C@@H](CO[P@@](=O)(S)O[C@@H]13)O[C@H]2n1cnc2c(N)ncnc21. The first kappa shape index (κ1) is 36.4. The van der Waals surface area contributed by atoms with Gasteiger partial charge in [-0.15, -0.1) is 0 Å². The number of aliphatic hydroxyl groups excluding tert-OH is 1. The van der Waals surface area contributed by atoms with Crippen LogP contribution < -0.4 is 11.5 Å². The van der Waals surface area contributed by atoms with Gasteiger partial charge in [0, 0.05) is 5.41 Å². The number of imidazole rings is 2. The number of fused-ring (bicyclic) bond motifs is 4. The Bertz CT molecular complexity index is 2150. The molecule has 2 saturated carbocycles. The summed E-state index contributed by atoms with van der Waals surface area (Å²) in [6, 6.07) is -0.517. The molecule has 20 nitrogen and oxygen atoms in total. The molecule has 2 aliphatic heterocycles. The van der Waals surface area contributed by atoms with Gasteiger partial charge in [-0.2, -0.15) is 0 Å². The Hall–Kier alpha value is -2.59. The van der Waals surface area contributed by atoms with Gasteiger partial charge in [-0.3, -0.25) is 22.7 Å². The fourth-order valence-corrected chi connectivity index (χ4v) is 11.2. The molecule has 282 valence electrons. The van der Waals surface area contributed by atoms with Gasteiger partial charge in [0.15, 0.2) is 37.5 Å². The van der Waals surface area contributed by atoms with Crippen molar-refractivity contribution >= 4 is 69.1 Å². The van der Waals surface area contributed by atoms with Crippen molar-refractivity contribution in [3.8, 4) is 0 Å². The van der Waals surface area contributed by atoms with Gasteiger partial charge in [-0.05, 0) is 30.5 Å². The summed E-state index contributed by atoms with van der Waals surface area (Å²) in [6.45, 7) is 5.26. The third-order valence-electron chi connectivity index (χ3n) is 11.1. The van der Waals surface area contributed by atoms with E-state index in [1.807, 2.05) is 4.57 Å². The molecule has 1 spiro atoms. The molecule has 6 N–H and O–H groups in total. The van der Waals surface area contributed by atoms with E-state index in [-0.39, 0.29) is 40.4 Å². The van der Waals surface area contributed by atoms with E-state index in [0.29, 0.717) is 17.6 Å². The number of aliphatic hydroxyl groups is 1. The van der Waals surface area contributed by atoms with Gasteiger partial charge in [0.25, 0.3) is 0 Å². The Kier molecular flexibility index (Phi) is 8.54. The quantitative estimate of drug-likeness (QED) is 0.113. The normalized spacial score (nSPS) is 38.4. The van der Waals surface area contributed by atoms with Crippen LogP contribution in [0.2, 0.25) is 18.1 Å². The summed E-state index contributed by atoms with van der Waals surface area (Å²) in [4.78, 5) is 36.6. The summed E-state index contributed by atoms with van der Waals surface area (Å²) in [5.74, 6) is -0.0241. The van der Waals surface area contributed by atoms with Crippen LogP contribution in [0.25, 0.3) is 22.3 Å². The van der Waals surface area contributed by atoms with E-state index in [2.05, 4.69) is 76.0 Å². The smallest absolute Gasteiger partial charge is 0.409 e. The van der Waals surface area contributed by atoms with Crippen LogP contribution in [0.3, 0.4) is 0 Å². The largest absolute Gasteiger partial charge is 0.472 e. The molecule has 2 saturated heterocycles. The maximum absolute atomic E-state index is 14.2. The van der Waals surface area contributed by atoms with E-state index in [1.54, 1.807) is 6.33 Å². The number of rotatable bonds is 4. The van der Waals surface area contributed by atoms with Crippen molar-refractivity contribution in [1.82, 2.24) is 39.0 Å². The second kappa shape index (κ2) is 12.2. The van der Waals surface area contributed by atoms with E-state index in [1.165, 1.54) is 23.5 Å². The van der Waals surface area contributed by atoms with Gasteiger partial charge in [0.05, 0.1) is 38.0 Å². The number of phosphoric acid groups is 1. The van der Waals surface area contributed by atoms with Crippen LogP contribution >= 0.6 is 26.9 Å². The highest BCUT2D eigenvalue weighted by molar-refractivity contribution is 8.44. The van der Waals surface area contributed by atoms with Crippen LogP contribution in [-0.4, -0.2) is 101 Å². The molecule has 11 atom stereocenters. The highest BCUT2D eigenvalue weighted by atomic mass is 32.7. The maximum atomic E-state index is 14.2. The second-order valence-corrected chi connectivity index (χ2v) is 24.2. The monoisotopic (exact) mass is 798 g/mol. The Morgan fingerprint density at radius 3 is 2.23 bits per heavy atom. The van der Waals surface area contributed by atoms with Gasteiger partial charge < -0.3 is 35.2 Å². The first-order chi connectivity index (χ1) is 24.3. The molecule has 2 unspecified atom stereocenters. The maximum Gasteiger partial charge on any atom is 0.472 e. The van der Waals surface area contributed by atoms with Crippen LogP contribution in [0.1, 0.15) is 39.5 Å². The first-order valence-corrected chi connectivity index (χ1v) is 23.6. The molecule has 0 radical (unpaired) electrons. The lowest BCUT2D eigenvalue weighted by Gasteiger charge is -2.43. The highest BCUT2D eigenvalue weighted by Gasteiger charge is 2.75. The molecule has 0 aromatic carbocycles. The average Bonchev–Trinajstić information content (AvgIpc) is 3.34. The van der Waals surface area contributed by atoms with Crippen molar-refractivity contribution in [2.45, 2.75) is 88.1 Å². The fourth-order valence-electron chi connectivity index (χ4n) is 7.35. The number of phosphoric ester groups is 1. The molecular formula is C28H40N10O10P2SSi. The highest BCUT2D eigenvalue weighted by Crippen LogP contribution is 2.74. The van der Waals surface area contributed by atoms with Gasteiger partial charge in [0.2, 0.25) is 0 Å². The van der Waals surface area contributed by atoms with E-state index in [9.17, 15) is 19.1 Å². The lowest BCUT2D eigenvalue weighted by molar-refractivity contribution is -0.0581. The number of anilines is 2. The number of hydrogen-bond acceptors (Lipinski definition) is 17. The number of nitrogens with zero attached hydrogens (tertiary/aromatic N) is 8. The molecule has 4 fully saturated rings. The zero-order valence-corrected chi connectivity index (χ0v) is 32.5. The predicted molar refractivity (Wildman–Crippen MR) is 189 cm³/mol. The van der Waals surface area contributed by atoms with E-state index in [4.69, 9.17) is 38.7 Å².